The maximum absolute atomic E-state index is 13.2. The molecule has 4 rings (SSSR count). The van der Waals surface area contributed by atoms with E-state index >= 15 is 0 Å². The van der Waals surface area contributed by atoms with Crippen LogP contribution in [0.25, 0.3) is 0 Å². The first-order valence-corrected chi connectivity index (χ1v) is 9.99. The molecule has 5 heteroatoms. The lowest BCUT2D eigenvalue weighted by atomic mass is 9.82. The van der Waals surface area contributed by atoms with Gasteiger partial charge in [-0.3, -0.25) is 14.4 Å². The number of imide groups is 1. The van der Waals surface area contributed by atoms with Gasteiger partial charge in [-0.1, -0.05) is 36.6 Å². The molecule has 1 aromatic rings. The van der Waals surface area contributed by atoms with Crippen molar-refractivity contribution in [1.29, 1.82) is 0 Å². The monoisotopic (exact) mass is 366 g/mol. The fourth-order valence-electron chi connectivity index (χ4n) is 4.57. The fraction of sp³-hybridized carbons (Fsp3) is 0.500. The number of hydrogen-bond donors (Lipinski definition) is 0. The van der Waals surface area contributed by atoms with Gasteiger partial charge in [0.2, 0.25) is 11.8 Å². The summed E-state index contributed by atoms with van der Waals surface area (Å²) in [6.07, 6.45) is 7.60. The molecular formula is C22H26N2O3. The quantitative estimate of drug-likeness (QED) is 0.594. The van der Waals surface area contributed by atoms with E-state index in [1.165, 1.54) is 4.90 Å². The first-order valence-electron chi connectivity index (χ1n) is 9.99. The van der Waals surface area contributed by atoms with Crippen molar-refractivity contribution in [3.8, 4) is 0 Å². The van der Waals surface area contributed by atoms with Crippen LogP contribution in [0.15, 0.2) is 35.9 Å². The summed E-state index contributed by atoms with van der Waals surface area (Å²) in [7, 11) is 0. The number of para-hydroxylation sites is 1. The highest BCUT2D eigenvalue weighted by atomic mass is 16.2. The number of amides is 3. The number of fused-ring (bicyclic) bond motifs is 1. The number of carbonyl (C=O) groups excluding carboxylic acids is 3. The van der Waals surface area contributed by atoms with Gasteiger partial charge in [0, 0.05) is 13.1 Å². The Bertz CT molecular complexity index is 806. The second-order valence-electron chi connectivity index (χ2n) is 7.94. The van der Waals surface area contributed by atoms with Crippen molar-refractivity contribution >= 4 is 23.4 Å². The van der Waals surface area contributed by atoms with Crippen LogP contribution in [0.1, 0.15) is 55.8 Å². The summed E-state index contributed by atoms with van der Waals surface area (Å²) >= 11 is 0. The molecule has 2 aliphatic heterocycles. The Morgan fingerprint density at radius 2 is 1.63 bits per heavy atom. The van der Waals surface area contributed by atoms with Gasteiger partial charge in [-0.2, -0.15) is 0 Å². The van der Waals surface area contributed by atoms with Crippen LogP contribution in [0.5, 0.6) is 0 Å². The summed E-state index contributed by atoms with van der Waals surface area (Å²) in [4.78, 5) is 42.4. The number of allylic oxidation sites excluding steroid dienone is 2. The first kappa shape index (κ1) is 18.0. The number of nitrogens with zero attached hydrogens (tertiary/aromatic N) is 2. The highest BCUT2D eigenvalue weighted by Crippen LogP contribution is 2.40. The highest BCUT2D eigenvalue weighted by molar-refractivity contribution is 6.24. The van der Waals surface area contributed by atoms with Gasteiger partial charge in [-0.15, -0.1) is 0 Å². The number of rotatable bonds is 2. The van der Waals surface area contributed by atoms with Gasteiger partial charge in [0.15, 0.2) is 0 Å². The molecule has 2 atom stereocenters. The molecule has 5 nitrogen and oxygen atoms in total. The Hall–Kier alpha value is -2.43. The lowest BCUT2D eigenvalue weighted by Gasteiger charge is -2.24. The molecule has 0 radical (unpaired) electrons. The van der Waals surface area contributed by atoms with E-state index in [1.807, 2.05) is 11.8 Å². The minimum absolute atomic E-state index is 0.0720. The molecule has 0 bridgehead atoms. The number of anilines is 1. The van der Waals surface area contributed by atoms with Crippen LogP contribution in [0.2, 0.25) is 0 Å². The van der Waals surface area contributed by atoms with E-state index in [9.17, 15) is 14.4 Å². The van der Waals surface area contributed by atoms with E-state index < -0.39 is 0 Å². The second kappa shape index (κ2) is 7.29. The standard InChI is InChI=1S/C22H26N2O3/c1-15-10-11-16-18(14-15)22(27)24(21(16)26)19-9-5-4-8-17(19)20(25)23-12-6-2-3-7-13-23/h4-5,8-10,16,18H,2-3,6-7,11-14H2,1H3/t16-,18-/m0/s1. The normalized spacial score (nSPS) is 25.9. The van der Waals surface area contributed by atoms with Gasteiger partial charge in [0.05, 0.1) is 23.1 Å². The maximum Gasteiger partial charge on any atom is 0.255 e. The molecule has 0 N–H and O–H groups in total. The zero-order valence-electron chi connectivity index (χ0n) is 15.8. The van der Waals surface area contributed by atoms with Crippen molar-refractivity contribution in [2.75, 3.05) is 18.0 Å². The van der Waals surface area contributed by atoms with E-state index in [0.717, 1.165) is 44.3 Å². The molecule has 1 aliphatic carbocycles. The van der Waals surface area contributed by atoms with Crippen molar-refractivity contribution in [2.45, 2.75) is 45.4 Å². The molecule has 2 saturated heterocycles. The van der Waals surface area contributed by atoms with Gasteiger partial charge >= 0.3 is 0 Å². The predicted molar refractivity (Wildman–Crippen MR) is 103 cm³/mol. The fourth-order valence-corrected chi connectivity index (χ4v) is 4.57. The Balaban J connectivity index is 1.66. The van der Waals surface area contributed by atoms with Gasteiger partial charge in [0.1, 0.15) is 0 Å². The molecule has 0 saturated carbocycles. The van der Waals surface area contributed by atoms with Crippen LogP contribution in [0.4, 0.5) is 5.69 Å². The minimum atomic E-state index is -0.289. The van der Waals surface area contributed by atoms with Crippen LogP contribution >= 0.6 is 0 Å². The molecule has 27 heavy (non-hydrogen) atoms. The first-order chi connectivity index (χ1) is 13.1. The Morgan fingerprint density at radius 1 is 0.963 bits per heavy atom. The van der Waals surface area contributed by atoms with Crippen molar-refractivity contribution in [3.05, 3.63) is 41.5 Å². The Morgan fingerprint density at radius 3 is 2.37 bits per heavy atom. The largest absolute Gasteiger partial charge is 0.339 e. The van der Waals surface area contributed by atoms with Crippen molar-refractivity contribution in [1.82, 2.24) is 4.90 Å². The molecule has 0 unspecified atom stereocenters. The van der Waals surface area contributed by atoms with Gasteiger partial charge in [-0.25, -0.2) is 4.90 Å². The van der Waals surface area contributed by atoms with Crippen LogP contribution < -0.4 is 4.90 Å². The zero-order valence-corrected chi connectivity index (χ0v) is 15.8. The van der Waals surface area contributed by atoms with Gasteiger partial charge < -0.3 is 4.90 Å². The molecule has 3 aliphatic rings. The molecule has 2 heterocycles. The molecular weight excluding hydrogens is 340 g/mol. The zero-order chi connectivity index (χ0) is 19.0. The van der Waals surface area contributed by atoms with Crippen molar-refractivity contribution in [2.24, 2.45) is 11.8 Å². The number of carbonyl (C=O) groups is 3. The van der Waals surface area contributed by atoms with E-state index in [1.54, 1.807) is 24.3 Å². The predicted octanol–water partition coefficient (Wildman–Crippen LogP) is 3.55. The number of hydrogen-bond acceptors (Lipinski definition) is 3. The number of likely N-dealkylation sites (tertiary alicyclic amines) is 1. The molecule has 0 spiro atoms. The van der Waals surface area contributed by atoms with Crippen LogP contribution in [-0.4, -0.2) is 35.7 Å². The number of benzene rings is 1. The van der Waals surface area contributed by atoms with Gasteiger partial charge in [0.25, 0.3) is 5.91 Å². The van der Waals surface area contributed by atoms with Crippen molar-refractivity contribution in [3.63, 3.8) is 0 Å². The second-order valence-corrected chi connectivity index (χ2v) is 7.94. The van der Waals surface area contributed by atoms with Gasteiger partial charge in [-0.05, 0) is 44.7 Å². The van der Waals surface area contributed by atoms with E-state index in [2.05, 4.69) is 6.08 Å². The summed E-state index contributed by atoms with van der Waals surface area (Å²) in [5.74, 6) is -0.970. The van der Waals surface area contributed by atoms with Crippen LogP contribution in [0.3, 0.4) is 0 Å². The third-order valence-electron chi connectivity index (χ3n) is 6.09. The summed E-state index contributed by atoms with van der Waals surface area (Å²) in [6, 6.07) is 7.08. The maximum atomic E-state index is 13.2. The Labute approximate surface area is 160 Å². The molecule has 2 fully saturated rings. The summed E-state index contributed by atoms with van der Waals surface area (Å²) in [5.41, 5.74) is 2.08. The third-order valence-corrected chi connectivity index (χ3v) is 6.09. The lowest BCUT2D eigenvalue weighted by Crippen LogP contribution is -2.36. The van der Waals surface area contributed by atoms with Crippen molar-refractivity contribution < 1.29 is 14.4 Å². The lowest BCUT2D eigenvalue weighted by molar-refractivity contribution is -0.122. The van der Waals surface area contributed by atoms with E-state index in [-0.39, 0.29) is 29.6 Å². The summed E-state index contributed by atoms with van der Waals surface area (Å²) in [6.45, 7) is 3.49. The van der Waals surface area contributed by atoms with E-state index in [0.29, 0.717) is 24.1 Å². The average molecular weight is 366 g/mol. The SMILES string of the molecule is CC1=CC[C@@H]2C(=O)N(c3ccccc3C(=O)N3CCCCCC3)C(=O)[C@H]2C1. The Kier molecular flexibility index (Phi) is 4.85. The average Bonchev–Trinajstić information content (AvgIpc) is 2.87. The highest BCUT2D eigenvalue weighted by Gasteiger charge is 2.49. The summed E-state index contributed by atoms with van der Waals surface area (Å²) < 4.78 is 0. The molecule has 0 aromatic heterocycles. The topological polar surface area (TPSA) is 57.7 Å². The van der Waals surface area contributed by atoms with Crippen LogP contribution in [-0.2, 0) is 9.59 Å². The van der Waals surface area contributed by atoms with Crippen LogP contribution in [0, 0.1) is 11.8 Å². The van der Waals surface area contributed by atoms with E-state index in [4.69, 9.17) is 0 Å². The third kappa shape index (κ3) is 3.20. The molecule has 1 aromatic carbocycles. The molecule has 3 amide bonds. The minimum Gasteiger partial charge on any atom is -0.339 e. The molecule has 142 valence electrons. The summed E-state index contributed by atoms with van der Waals surface area (Å²) in [5, 5.41) is 0. The smallest absolute Gasteiger partial charge is 0.255 e.